The molecule has 2 aromatic carbocycles. The third-order valence-electron chi connectivity index (χ3n) is 4.02. The van der Waals surface area contributed by atoms with Crippen LogP contribution in [0.25, 0.3) is 22.8 Å². The maximum atomic E-state index is 12.7. The molecule has 0 unspecified atom stereocenters. The van der Waals surface area contributed by atoms with E-state index in [4.69, 9.17) is 11.6 Å². The fourth-order valence-corrected chi connectivity index (χ4v) is 2.93. The molecule has 0 aliphatic carbocycles. The second-order valence-corrected chi connectivity index (χ2v) is 6.23. The highest BCUT2D eigenvalue weighted by Crippen LogP contribution is 2.17. The lowest BCUT2D eigenvalue weighted by atomic mass is 10.2. The summed E-state index contributed by atoms with van der Waals surface area (Å²) in [7, 11) is 0. The third-order valence-corrected chi connectivity index (χ3v) is 4.25. The van der Waals surface area contributed by atoms with Crippen LogP contribution in [0.5, 0.6) is 0 Å². The maximum absolute atomic E-state index is 12.7. The molecule has 0 aliphatic heterocycles. The van der Waals surface area contributed by atoms with E-state index in [0.29, 0.717) is 22.6 Å². The van der Waals surface area contributed by atoms with Crippen molar-refractivity contribution in [3.63, 3.8) is 0 Å². The molecule has 0 aliphatic rings. The SMILES string of the molecule is O=c1c2cnn(-c3cccc(Cl)c3)c2ncn1CC=Cc1ccccc1. The molecule has 0 atom stereocenters. The Bertz CT molecular complexity index is 1150. The number of hydrogen-bond acceptors (Lipinski definition) is 3. The summed E-state index contributed by atoms with van der Waals surface area (Å²) in [6.45, 7) is 0.443. The summed E-state index contributed by atoms with van der Waals surface area (Å²) in [5.41, 5.74) is 2.24. The summed E-state index contributed by atoms with van der Waals surface area (Å²) in [6, 6.07) is 17.2. The highest BCUT2D eigenvalue weighted by molar-refractivity contribution is 6.30. The van der Waals surface area contributed by atoms with Gasteiger partial charge in [-0.25, -0.2) is 9.67 Å². The van der Waals surface area contributed by atoms with Gasteiger partial charge in [-0.3, -0.25) is 9.36 Å². The third kappa shape index (κ3) is 3.17. The number of aromatic nitrogens is 4. The van der Waals surface area contributed by atoms with Gasteiger partial charge in [-0.15, -0.1) is 0 Å². The zero-order valence-electron chi connectivity index (χ0n) is 13.8. The van der Waals surface area contributed by atoms with Gasteiger partial charge in [0.2, 0.25) is 0 Å². The van der Waals surface area contributed by atoms with E-state index in [2.05, 4.69) is 10.1 Å². The normalized spacial score (nSPS) is 11.4. The molecule has 0 saturated heterocycles. The van der Waals surface area contributed by atoms with Crippen LogP contribution in [0.15, 0.2) is 78.0 Å². The molecule has 0 fully saturated rings. The molecule has 6 heteroatoms. The van der Waals surface area contributed by atoms with E-state index in [-0.39, 0.29) is 5.56 Å². The monoisotopic (exact) mass is 362 g/mol. The average Bonchev–Trinajstić information content (AvgIpc) is 3.09. The lowest BCUT2D eigenvalue weighted by molar-refractivity contribution is 0.765. The van der Waals surface area contributed by atoms with E-state index in [1.165, 1.54) is 0 Å². The Labute approximate surface area is 154 Å². The molecule has 0 spiro atoms. The number of benzene rings is 2. The number of allylic oxidation sites excluding steroid dienone is 1. The lowest BCUT2D eigenvalue weighted by Crippen LogP contribution is -2.19. The van der Waals surface area contributed by atoms with Crippen LogP contribution in [-0.2, 0) is 6.54 Å². The number of fused-ring (bicyclic) bond motifs is 1. The highest BCUT2D eigenvalue weighted by atomic mass is 35.5. The summed E-state index contributed by atoms with van der Waals surface area (Å²) in [5.74, 6) is 0. The lowest BCUT2D eigenvalue weighted by Gasteiger charge is -2.05. The van der Waals surface area contributed by atoms with Gasteiger partial charge in [-0.05, 0) is 23.8 Å². The molecule has 2 aromatic heterocycles. The maximum Gasteiger partial charge on any atom is 0.264 e. The zero-order chi connectivity index (χ0) is 17.9. The first-order chi connectivity index (χ1) is 12.7. The van der Waals surface area contributed by atoms with Crippen molar-refractivity contribution in [1.29, 1.82) is 0 Å². The minimum absolute atomic E-state index is 0.124. The topological polar surface area (TPSA) is 52.7 Å². The van der Waals surface area contributed by atoms with Crippen molar-refractivity contribution < 1.29 is 0 Å². The molecule has 26 heavy (non-hydrogen) atoms. The van der Waals surface area contributed by atoms with Crippen molar-refractivity contribution >= 4 is 28.7 Å². The van der Waals surface area contributed by atoms with E-state index < -0.39 is 0 Å². The number of hydrogen-bond donors (Lipinski definition) is 0. The molecular formula is C20H15ClN4O. The highest BCUT2D eigenvalue weighted by Gasteiger charge is 2.11. The van der Waals surface area contributed by atoms with Crippen molar-refractivity contribution in [2.75, 3.05) is 0 Å². The molecule has 2 heterocycles. The molecule has 0 radical (unpaired) electrons. The predicted molar refractivity (Wildman–Crippen MR) is 104 cm³/mol. The Hall–Kier alpha value is -3.18. The number of rotatable bonds is 4. The summed E-state index contributed by atoms with van der Waals surface area (Å²) >= 11 is 6.04. The van der Waals surface area contributed by atoms with Gasteiger partial charge < -0.3 is 0 Å². The summed E-state index contributed by atoms with van der Waals surface area (Å²) in [5, 5.41) is 5.38. The second kappa shape index (κ2) is 6.98. The van der Waals surface area contributed by atoms with Crippen LogP contribution in [0.4, 0.5) is 0 Å². The average molecular weight is 363 g/mol. The first-order valence-corrected chi connectivity index (χ1v) is 8.51. The van der Waals surface area contributed by atoms with Crippen molar-refractivity contribution in [3.05, 3.63) is 94.1 Å². The van der Waals surface area contributed by atoms with Gasteiger partial charge in [0, 0.05) is 11.6 Å². The summed E-state index contributed by atoms with van der Waals surface area (Å²) < 4.78 is 3.18. The van der Waals surface area contributed by atoms with E-state index >= 15 is 0 Å². The molecule has 5 nitrogen and oxygen atoms in total. The fourth-order valence-electron chi connectivity index (χ4n) is 2.74. The van der Waals surface area contributed by atoms with Crippen LogP contribution < -0.4 is 5.56 Å². The van der Waals surface area contributed by atoms with Gasteiger partial charge >= 0.3 is 0 Å². The van der Waals surface area contributed by atoms with Crippen molar-refractivity contribution in [3.8, 4) is 5.69 Å². The Morgan fingerprint density at radius 2 is 1.92 bits per heavy atom. The molecule has 128 valence electrons. The van der Waals surface area contributed by atoms with E-state index in [1.54, 1.807) is 33.9 Å². The fraction of sp³-hybridized carbons (Fsp3) is 0.0500. The minimum atomic E-state index is -0.124. The van der Waals surface area contributed by atoms with Crippen LogP contribution in [0.1, 0.15) is 5.56 Å². The van der Waals surface area contributed by atoms with E-state index in [0.717, 1.165) is 11.3 Å². The van der Waals surface area contributed by atoms with E-state index in [1.807, 2.05) is 54.6 Å². The first-order valence-electron chi connectivity index (χ1n) is 8.13. The van der Waals surface area contributed by atoms with Gasteiger partial charge in [0.05, 0.1) is 11.9 Å². The van der Waals surface area contributed by atoms with Gasteiger partial charge in [-0.1, -0.05) is 60.2 Å². The molecule has 0 saturated carbocycles. The predicted octanol–water partition coefficient (Wildman–Crippen LogP) is 3.95. The van der Waals surface area contributed by atoms with Crippen LogP contribution in [0.2, 0.25) is 5.02 Å². The summed E-state index contributed by atoms with van der Waals surface area (Å²) in [6.07, 6.45) is 7.00. The van der Waals surface area contributed by atoms with Gasteiger partial charge in [-0.2, -0.15) is 5.10 Å². The van der Waals surface area contributed by atoms with Gasteiger partial charge in [0.15, 0.2) is 5.65 Å². The molecule has 0 amide bonds. The van der Waals surface area contributed by atoms with Crippen LogP contribution in [0.3, 0.4) is 0 Å². The minimum Gasteiger partial charge on any atom is -0.295 e. The standard InChI is InChI=1S/C20H15ClN4O/c21-16-9-4-10-17(12-16)25-19-18(13-23-25)20(26)24(14-22-19)11-5-8-15-6-2-1-3-7-15/h1-10,12-14H,11H2. The molecular weight excluding hydrogens is 348 g/mol. The van der Waals surface area contributed by atoms with Crippen LogP contribution in [-0.4, -0.2) is 19.3 Å². The first kappa shape index (κ1) is 16.3. The Balaban J connectivity index is 1.66. The van der Waals surface area contributed by atoms with Crippen LogP contribution >= 0.6 is 11.6 Å². The van der Waals surface area contributed by atoms with Crippen molar-refractivity contribution in [2.24, 2.45) is 0 Å². The van der Waals surface area contributed by atoms with Crippen molar-refractivity contribution in [2.45, 2.75) is 6.54 Å². The molecule has 0 bridgehead atoms. The second-order valence-electron chi connectivity index (χ2n) is 5.79. The smallest absolute Gasteiger partial charge is 0.264 e. The van der Waals surface area contributed by atoms with Crippen molar-refractivity contribution in [1.82, 2.24) is 19.3 Å². The zero-order valence-corrected chi connectivity index (χ0v) is 14.5. The Morgan fingerprint density at radius 3 is 2.73 bits per heavy atom. The number of halogens is 1. The number of nitrogens with zero attached hydrogens (tertiary/aromatic N) is 4. The van der Waals surface area contributed by atoms with E-state index in [9.17, 15) is 4.79 Å². The van der Waals surface area contributed by atoms with Crippen LogP contribution in [0, 0.1) is 0 Å². The molecule has 4 aromatic rings. The molecule has 0 N–H and O–H groups in total. The van der Waals surface area contributed by atoms with Gasteiger partial charge in [0.25, 0.3) is 5.56 Å². The molecule has 4 rings (SSSR count). The Morgan fingerprint density at radius 1 is 1.08 bits per heavy atom. The quantitative estimate of drug-likeness (QED) is 0.552. The Kier molecular flexibility index (Phi) is 4.37. The van der Waals surface area contributed by atoms with Gasteiger partial charge in [0.1, 0.15) is 11.7 Å². The largest absolute Gasteiger partial charge is 0.295 e. The summed E-state index contributed by atoms with van der Waals surface area (Å²) in [4.78, 5) is 17.1.